The number of thioether (sulfide) groups is 1. The third-order valence-electron chi connectivity index (χ3n) is 2.11. The highest BCUT2D eigenvalue weighted by molar-refractivity contribution is 7.99. The lowest BCUT2D eigenvalue weighted by atomic mass is 10.2. The molecule has 0 aliphatic carbocycles. The van der Waals surface area contributed by atoms with E-state index >= 15 is 0 Å². The smallest absolute Gasteiger partial charge is 0.408 e. The van der Waals surface area contributed by atoms with Crippen molar-refractivity contribution in [2.75, 3.05) is 5.75 Å². The van der Waals surface area contributed by atoms with Crippen molar-refractivity contribution in [3.8, 4) is 0 Å². The molecule has 18 heavy (non-hydrogen) atoms. The number of carbonyl (C=O) groups excluding carboxylic acids is 1. The van der Waals surface area contributed by atoms with Crippen LogP contribution < -0.4 is 5.32 Å². The Hall–Kier alpha value is -0.910. The van der Waals surface area contributed by atoms with Crippen molar-refractivity contribution in [2.24, 2.45) is 0 Å². The van der Waals surface area contributed by atoms with Crippen molar-refractivity contribution >= 4 is 23.8 Å². The molecule has 0 saturated carbocycles. The number of rotatable bonds is 6. The van der Waals surface area contributed by atoms with Crippen LogP contribution in [0.4, 0.5) is 4.79 Å². The number of nitrogens with one attached hydrogen (secondary N) is 1. The first kappa shape index (κ1) is 17.1. The minimum atomic E-state index is -1.04. The molecule has 0 spiro atoms. The molecule has 0 aromatic heterocycles. The molecule has 0 aromatic rings. The first-order valence-electron chi connectivity index (χ1n) is 5.99. The van der Waals surface area contributed by atoms with Gasteiger partial charge in [0.25, 0.3) is 0 Å². The van der Waals surface area contributed by atoms with Crippen LogP contribution in [0.3, 0.4) is 0 Å². The van der Waals surface area contributed by atoms with E-state index in [1.807, 2.05) is 13.8 Å². The second-order valence-electron chi connectivity index (χ2n) is 5.09. The van der Waals surface area contributed by atoms with Gasteiger partial charge in [0.1, 0.15) is 11.6 Å². The van der Waals surface area contributed by atoms with Gasteiger partial charge in [0.05, 0.1) is 0 Å². The predicted octanol–water partition coefficient (Wildman–Crippen LogP) is 2.50. The van der Waals surface area contributed by atoms with Crippen LogP contribution in [0.5, 0.6) is 0 Å². The Morgan fingerprint density at radius 3 is 2.33 bits per heavy atom. The normalized spacial score (nSPS) is 14.7. The van der Waals surface area contributed by atoms with Crippen LogP contribution in [-0.2, 0) is 9.53 Å². The molecule has 6 heteroatoms. The number of amides is 1. The maximum Gasteiger partial charge on any atom is 0.408 e. The Labute approximate surface area is 113 Å². The Kier molecular flexibility index (Phi) is 7.13. The summed E-state index contributed by atoms with van der Waals surface area (Å²) in [5.41, 5.74) is -0.628. The molecule has 1 amide bonds. The maximum absolute atomic E-state index is 11.5. The van der Waals surface area contributed by atoms with E-state index in [4.69, 9.17) is 9.84 Å². The van der Waals surface area contributed by atoms with E-state index in [2.05, 4.69) is 5.32 Å². The van der Waals surface area contributed by atoms with E-state index in [1.54, 1.807) is 20.8 Å². The van der Waals surface area contributed by atoms with E-state index in [0.717, 1.165) is 6.42 Å². The fraction of sp³-hybridized carbons (Fsp3) is 0.833. The monoisotopic (exact) mass is 277 g/mol. The van der Waals surface area contributed by atoms with Gasteiger partial charge in [0.15, 0.2) is 0 Å². The number of aliphatic carboxylic acids is 1. The zero-order chi connectivity index (χ0) is 14.3. The molecular weight excluding hydrogens is 254 g/mol. The zero-order valence-corrected chi connectivity index (χ0v) is 12.5. The summed E-state index contributed by atoms with van der Waals surface area (Å²) in [6.07, 6.45) is 0.267. The van der Waals surface area contributed by atoms with Crippen molar-refractivity contribution in [2.45, 2.75) is 57.9 Å². The van der Waals surface area contributed by atoms with Gasteiger partial charge >= 0.3 is 12.1 Å². The van der Waals surface area contributed by atoms with Gasteiger partial charge in [-0.3, -0.25) is 0 Å². The van der Waals surface area contributed by atoms with Gasteiger partial charge in [-0.05, 0) is 27.2 Å². The summed E-state index contributed by atoms with van der Waals surface area (Å²) in [4.78, 5) is 22.5. The van der Waals surface area contributed by atoms with Crippen molar-refractivity contribution in [3.05, 3.63) is 0 Å². The van der Waals surface area contributed by atoms with Gasteiger partial charge in [-0.1, -0.05) is 13.8 Å². The summed E-state index contributed by atoms with van der Waals surface area (Å²) in [5.74, 6) is -0.708. The third kappa shape index (κ3) is 8.22. The number of hydrogen-bond donors (Lipinski definition) is 2. The van der Waals surface area contributed by atoms with E-state index in [-0.39, 0.29) is 0 Å². The molecule has 2 atom stereocenters. The molecule has 0 heterocycles. The van der Waals surface area contributed by atoms with E-state index in [0.29, 0.717) is 11.0 Å². The van der Waals surface area contributed by atoms with E-state index in [9.17, 15) is 9.59 Å². The van der Waals surface area contributed by atoms with Crippen molar-refractivity contribution < 1.29 is 19.4 Å². The van der Waals surface area contributed by atoms with Crippen LogP contribution in [0.2, 0.25) is 0 Å². The molecule has 0 aliphatic heterocycles. The van der Waals surface area contributed by atoms with Crippen molar-refractivity contribution in [3.63, 3.8) is 0 Å². The lowest BCUT2D eigenvalue weighted by molar-refractivity contribution is -0.138. The summed E-state index contributed by atoms with van der Waals surface area (Å²) < 4.78 is 5.03. The summed E-state index contributed by atoms with van der Waals surface area (Å²) >= 11 is 1.52. The van der Waals surface area contributed by atoms with Gasteiger partial charge in [-0.25, -0.2) is 9.59 Å². The van der Waals surface area contributed by atoms with Gasteiger partial charge < -0.3 is 15.2 Å². The fourth-order valence-electron chi connectivity index (χ4n) is 1.00. The summed E-state index contributed by atoms with van der Waals surface area (Å²) in [6, 6.07) is -0.918. The van der Waals surface area contributed by atoms with Crippen LogP contribution in [-0.4, -0.2) is 39.8 Å². The number of carboxylic acid groups (broad SMARTS) is 1. The molecular formula is C12H23NO4S. The molecule has 0 aromatic carbocycles. The summed E-state index contributed by atoms with van der Waals surface area (Å²) in [5, 5.41) is 11.8. The molecule has 5 nitrogen and oxygen atoms in total. The van der Waals surface area contributed by atoms with Gasteiger partial charge in [-0.2, -0.15) is 11.8 Å². The molecule has 0 rings (SSSR count). The SMILES string of the molecule is CCC(C)SCC(NC(=O)OC(C)(C)C)C(=O)O. The summed E-state index contributed by atoms with van der Waals surface area (Å²) in [6.45, 7) is 9.26. The van der Waals surface area contributed by atoms with Crippen LogP contribution in [0.25, 0.3) is 0 Å². The molecule has 0 radical (unpaired) electrons. The van der Waals surface area contributed by atoms with Gasteiger partial charge in [-0.15, -0.1) is 0 Å². The van der Waals surface area contributed by atoms with Crippen LogP contribution in [0.15, 0.2) is 0 Å². The number of hydrogen-bond acceptors (Lipinski definition) is 4. The Morgan fingerprint density at radius 2 is 1.94 bits per heavy atom. The van der Waals surface area contributed by atoms with Crippen molar-refractivity contribution in [1.29, 1.82) is 0 Å². The highest BCUT2D eigenvalue weighted by Crippen LogP contribution is 2.15. The molecule has 0 saturated heterocycles. The number of alkyl carbamates (subject to hydrolysis) is 1. The first-order valence-corrected chi connectivity index (χ1v) is 7.04. The average Bonchev–Trinajstić information content (AvgIpc) is 2.20. The summed E-state index contributed by atoms with van der Waals surface area (Å²) in [7, 11) is 0. The van der Waals surface area contributed by atoms with Gasteiger partial charge in [0, 0.05) is 11.0 Å². The quantitative estimate of drug-likeness (QED) is 0.780. The topological polar surface area (TPSA) is 75.6 Å². The molecule has 2 N–H and O–H groups in total. The van der Waals surface area contributed by atoms with Crippen LogP contribution in [0, 0.1) is 0 Å². The first-order chi connectivity index (χ1) is 8.15. The second-order valence-corrected chi connectivity index (χ2v) is 6.56. The molecule has 106 valence electrons. The Bertz CT molecular complexity index is 288. The molecule has 0 bridgehead atoms. The fourth-order valence-corrected chi connectivity index (χ4v) is 1.99. The number of carbonyl (C=O) groups is 2. The number of ether oxygens (including phenoxy) is 1. The minimum absolute atomic E-state index is 0.337. The van der Waals surface area contributed by atoms with Crippen molar-refractivity contribution in [1.82, 2.24) is 5.32 Å². The average molecular weight is 277 g/mol. The standard InChI is InChI=1S/C12H23NO4S/c1-6-8(2)18-7-9(10(14)15)13-11(16)17-12(3,4)5/h8-9H,6-7H2,1-5H3,(H,13,16)(H,14,15). The lowest BCUT2D eigenvalue weighted by Gasteiger charge is -2.22. The predicted molar refractivity (Wildman–Crippen MR) is 73.0 cm³/mol. The largest absolute Gasteiger partial charge is 0.480 e. The molecule has 0 fully saturated rings. The van der Waals surface area contributed by atoms with Crippen LogP contribution in [0.1, 0.15) is 41.0 Å². The van der Waals surface area contributed by atoms with E-state index in [1.165, 1.54) is 11.8 Å². The minimum Gasteiger partial charge on any atom is -0.480 e. The highest BCUT2D eigenvalue weighted by Gasteiger charge is 2.24. The van der Waals surface area contributed by atoms with Crippen LogP contribution >= 0.6 is 11.8 Å². The maximum atomic E-state index is 11.5. The lowest BCUT2D eigenvalue weighted by Crippen LogP contribution is -2.45. The number of carboxylic acids is 1. The zero-order valence-electron chi connectivity index (χ0n) is 11.6. The van der Waals surface area contributed by atoms with E-state index < -0.39 is 23.7 Å². The Morgan fingerprint density at radius 1 is 1.39 bits per heavy atom. The highest BCUT2D eigenvalue weighted by atomic mass is 32.2. The van der Waals surface area contributed by atoms with Gasteiger partial charge in [0.2, 0.25) is 0 Å². The molecule has 0 aliphatic rings. The third-order valence-corrected chi connectivity index (χ3v) is 3.54. The molecule has 2 unspecified atom stereocenters. The second kappa shape index (κ2) is 7.51. The Balaban J connectivity index is 4.28.